The molecule has 192 valence electrons. The fraction of sp³-hybridized carbons (Fsp3) is 0.143. The summed E-state index contributed by atoms with van der Waals surface area (Å²) in [6.07, 6.45) is 3.82. The lowest BCUT2D eigenvalue weighted by molar-refractivity contribution is -0.120. The van der Waals surface area contributed by atoms with Crippen LogP contribution in [0.1, 0.15) is 16.7 Å². The van der Waals surface area contributed by atoms with Gasteiger partial charge in [-0.2, -0.15) is 0 Å². The quantitative estimate of drug-likeness (QED) is 0.339. The number of hydrogen-bond donors (Lipinski definition) is 2. The first kappa shape index (κ1) is 23.3. The molecule has 0 saturated heterocycles. The van der Waals surface area contributed by atoms with Crippen molar-refractivity contribution in [2.75, 3.05) is 10.6 Å². The number of imidazole rings is 1. The minimum absolute atomic E-state index is 0.162. The molecule has 0 bridgehead atoms. The zero-order valence-electron chi connectivity index (χ0n) is 20.4. The molecule has 0 fully saturated rings. The van der Waals surface area contributed by atoms with Crippen molar-refractivity contribution in [1.82, 2.24) is 24.1 Å². The van der Waals surface area contributed by atoms with Crippen molar-refractivity contribution in [3.8, 4) is 5.82 Å². The number of aromatic nitrogens is 5. The molecular formula is C28H20ClN7O3. The van der Waals surface area contributed by atoms with Gasteiger partial charge in [-0.1, -0.05) is 35.9 Å². The Hall–Kier alpha value is -4.83. The van der Waals surface area contributed by atoms with Gasteiger partial charge in [0, 0.05) is 17.4 Å². The molecule has 39 heavy (non-hydrogen) atoms. The van der Waals surface area contributed by atoms with Crippen LogP contribution < -0.4 is 16.3 Å². The van der Waals surface area contributed by atoms with Crippen LogP contribution in [0.4, 0.5) is 11.5 Å². The SMILES string of the molecule is O=C(Cn1c(=O)n(-c2ccccn2)c2ccccc21)Nc1ccc2c(c1)CC1(C2)C(=O)Nc2ncnc(Cl)c21. The van der Waals surface area contributed by atoms with Crippen molar-refractivity contribution >= 4 is 46.0 Å². The van der Waals surface area contributed by atoms with E-state index >= 15 is 0 Å². The van der Waals surface area contributed by atoms with E-state index in [4.69, 9.17) is 11.6 Å². The molecular weight excluding hydrogens is 518 g/mol. The Morgan fingerprint density at radius 2 is 1.77 bits per heavy atom. The molecule has 11 heteroatoms. The lowest BCUT2D eigenvalue weighted by atomic mass is 9.80. The summed E-state index contributed by atoms with van der Waals surface area (Å²) in [5.74, 6) is 0.407. The molecule has 0 radical (unpaired) electrons. The lowest BCUT2D eigenvalue weighted by Gasteiger charge is -2.20. The minimum Gasteiger partial charge on any atom is -0.325 e. The number of halogens is 1. The first-order valence-electron chi connectivity index (χ1n) is 12.3. The molecule has 2 aliphatic rings. The van der Waals surface area contributed by atoms with Crippen LogP contribution in [0.15, 0.2) is 78.0 Å². The Balaban J connectivity index is 1.16. The van der Waals surface area contributed by atoms with E-state index in [9.17, 15) is 14.4 Å². The Bertz CT molecular complexity index is 1880. The number of fused-ring (bicyclic) bond motifs is 4. The Kier molecular flexibility index (Phi) is 5.14. The number of para-hydroxylation sites is 2. The molecule has 5 aromatic rings. The van der Waals surface area contributed by atoms with Gasteiger partial charge in [-0.3, -0.25) is 14.2 Å². The number of hydrogen-bond acceptors (Lipinski definition) is 6. The van der Waals surface area contributed by atoms with Crippen molar-refractivity contribution < 1.29 is 9.59 Å². The molecule has 0 saturated carbocycles. The highest BCUT2D eigenvalue weighted by atomic mass is 35.5. The van der Waals surface area contributed by atoms with Crippen molar-refractivity contribution in [1.29, 1.82) is 0 Å². The molecule has 4 heterocycles. The van der Waals surface area contributed by atoms with E-state index in [1.807, 2.05) is 30.3 Å². The highest BCUT2D eigenvalue weighted by Gasteiger charge is 2.52. The van der Waals surface area contributed by atoms with Gasteiger partial charge >= 0.3 is 5.69 Å². The number of anilines is 2. The standard InChI is InChI=1S/C28H20ClN7O3/c29-24-23-25(32-15-31-24)34-26(38)28(23)12-16-8-9-18(11-17(16)13-28)33-22(37)14-35-19-5-1-2-6-20(19)36(27(35)39)21-7-3-4-10-30-21/h1-11,15H,12-14H2,(H,33,37)(H,31,32,34,38). The van der Waals surface area contributed by atoms with Gasteiger partial charge in [0.1, 0.15) is 29.7 Å². The van der Waals surface area contributed by atoms with Gasteiger partial charge in [0.15, 0.2) is 0 Å². The van der Waals surface area contributed by atoms with Gasteiger partial charge in [-0.25, -0.2) is 24.3 Å². The fourth-order valence-electron chi connectivity index (χ4n) is 5.73. The van der Waals surface area contributed by atoms with E-state index in [0.29, 0.717) is 46.8 Å². The fourth-order valence-corrected chi connectivity index (χ4v) is 6.04. The molecule has 1 aliphatic heterocycles. The number of carbonyl (C=O) groups is 2. The summed E-state index contributed by atoms with van der Waals surface area (Å²) < 4.78 is 2.93. The highest BCUT2D eigenvalue weighted by Crippen LogP contribution is 2.49. The van der Waals surface area contributed by atoms with Crippen LogP contribution in [0, 0.1) is 0 Å². The third-order valence-electron chi connectivity index (χ3n) is 7.44. The first-order valence-corrected chi connectivity index (χ1v) is 12.7. The zero-order chi connectivity index (χ0) is 26.7. The second kappa shape index (κ2) is 8.60. The largest absolute Gasteiger partial charge is 0.335 e. The van der Waals surface area contributed by atoms with E-state index in [1.54, 1.807) is 36.5 Å². The molecule has 7 rings (SSSR count). The normalized spacial score (nSPS) is 17.3. The van der Waals surface area contributed by atoms with Crippen molar-refractivity contribution in [2.45, 2.75) is 24.8 Å². The average molecular weight is 538 g/mol. The predicted octanol–water partition coefficient (Wildman–Crippen LogP) is 3.26. The number of nitrogens with zero attached hydrogens (tertiary/aromatic N) is 5. The summed E-state index contributed by atoms with van der Waals surface area (Å²) in [6.45, 7) is -0.178. The first-order chi connectivity index (χ1) is 18.9. The summed E-state index contributed by atoms with van der Waals surface area (Å²) in [5, 5.41) is 6.00. The molecule has 3 aromatic heterocycles. The molecule has 2 N–H and O–H groups in total. The third kappa shape index (κ3) is 3.56. The summed E-state index contributed by atoms with van der Waals surface area (Å²) in [5.41, 5.74) is 3.17. The zero-order valence-corrected chi connectivity index (χ0v) is 21.1. The van der Waals surface area contributed by atoms with Gasteiger partial charge in [0.2, 0.25) is 11.8 Å². The van der Waals surface area contributed by atoms with E-state index in [0.717, 1.165) is 11.1 Å². The lowest BCUT2D eigenvalue weighted by Crippen LogP contribution is -2.35. The minimum atomic E-state index is -0.876. The van der Waals surface area contributed by atoms with Gasteiger partial charge in [-0.05, 0) is 60.4 Å². The second-order valence-electron chi connectivity index (χ2n) is 9.69. The Morgan fingerprint density at radius 1 is 0.974 bits per heavy atom. The van der Waals surface area contributed by atoms with E-state index < -0.39 is 5.41 Å². The molecule has 1 unspecified atom stereocenters. The topological polar surface area (TPSA) is 124 Å². The third-order valence-corrected chi connectivity index (χ3v) is 7.72. The van der Waals surface area contributed by atoms with Gasteiger partial charge in [0.05, 0.1) is 16.4 Å². The van der Waals surface area contributed by atoms with Crippen LogP contribution >= 0.6 is 11.6 Å². The molecule has 1 spiro atoms. The summed E-state index contributed by atoms with van der Waals surface area (Å²) in [4.78, 5) is 52.1. The summed E-state index contributed by atoms with van der Waals surface area (Å²) in [6, 6.07) is 18.2. The van der Waals surface area contributed by atoms with Crippen LogP contribution in [0.5, 0.6) is 0 Å². The van der Waals surface area contributed by atoms with Crippen molar-refractivity contribution in [3.05, 3.63) is 106 Å². The Morgan fingerprint density at radius 3 is 2.59 bits per heavy atom. The summed E-state index contributed by atoms with van der Waals surface area (Å²) in [7, 11) is 0. The molecule has 2 amide bonds. The van der Waals surface area contributed by atoms with E-state index in [2.05, 4.69) is 25.6 Å². The van der Waals surface area contributed by atoms with Gasteiger partial charge in [-0.15, -0.1) is 0 Å². The number of rotatable bonds is 4. The second-order valence-corrected chi connectivity index (χ2v) is 10.0. The maximum atomic E-state index is 13.4. The van der Waals surface area contributed by atoms with E-state index in [-0.39, 0.29) is 29.2 Å². The van der Waals surface area contributed by atoms with Crippen molar-refractivity contribution in [3.63, 3.8) is 0 Å². The van der Waals surface area contributed by atoms with Crippen molar-refractivity contribution in [2.24, 2.45) is 0 Å². The Labute approximate surface area is 226 Å². The van der Waals surface area contributed by atoms with Crippen LogP contribution in [0.2, 0.25) is 5.15 Å². The molecule has 1 aliphatic carbocycles. The van der Waals surface area contributed by atoms with Crippen LogP contribution in [-0.2, 0) is 34.4 Å². The molecule has 10 nitrogen and oxygen atoms in total. The average Bonchev–Trinajstić information content (AvgIpc) is 3.54. The highest BCUT2D eigenvalue weighted by molar-refractivity contribution is 6.31. The van der Waals surface area contributed by atoms with Crippen LogP contribution in [-0.4, -0.2) is 35.9 Å². The number of amides is 2. The van der Waals surface area contributed by atoms with Gasteiger partial charge in [0.25, 0.3) is 0 Å². The van der Waals surface area contributed by atoms with Gasteiger partial charge < -0.3 is 10.6 Å². The van der Waals surface area contributed by atoms with E-state index in [1.165, 1.54) is 15.5 Å². The predicted molar refractivity (Wildman–Crippen MR) is 145 cm³/mol. The van der Waals surface area contributed by atoms with Crippen LogP contribution in [0.25, 0.3) is 16.9 Å². The monoisotopic (exact) mass is 537 g/mol. The number of benzene rings is 2. The molecule has 1 atom stereocenters. The molecule has 2 aromatic carbocycles. The maximum absolute atomic E-state index is 13.4. The smallest absolute Gasteiger partial charge is 0.325 e. The summed E-state index contributed by atoms with van der Waals surface area (Å²) >= 11 is 6.39. The number of nitrogens with one attached hydrogen (secondary N) is 2. The van der Waals surface area contributed by atoms with Crippen LogP contribution in [0.3, 0.4) is 0 Å². The maximum Gasteiger partial charge on any atom is 0.335 e. The number of pyridine rings is 1. The number of carbonyl (C=O) groups excluding carboxylic acids is 2.